The summed E-state index contributed by atoms with van der Waals surface area (Å²) in [4.78, 5) is 16.5. The van der Waals surface area contributed by atoms with Crippen molar-refractivity contribution >= 4 is 17.9 Å². The van der Waals surface area contributed by atoms with Crippen molar-refractivity contribution in [2.24, 2.45) is 4.99 Å². The Balaban J connectivity index is 1.82. The molecule has 0 aliphatic carbocycles. The molecule has 2 aromatic rings. The number of carbonyl (C=O) groups is 1. The summed E-state index contributed by atoms with van der Waals surface area (Å²) in [6, 6.07) is 15.3. The molecule has 0 saturated heterocycles. The van der Waals surface area contributed by atoms with E-state index >= 15 is 0 Å². The monoisotopic (exact) mass is 335 g/mol. The zero-order chi connectivity index (χ0) is 17.6. The lowest BCUT2D eigenvalue weighted by Crippen LogP contribution is -2.06. The first-order chi connectivity index (χ1) is 12.2. The summed E-state index contributed by atoms with van der Waals surface area (Å²) in [6.07, 6.45) is 3.83. The van der Waals surface area contributed by atoms with Crippen LogP contribution in [0.15, 0.2) is 59.2 Å². The minimum Gasteiger partial charge on any atom is -0.494 e. The fourth-order valence-electron chi connectivity index (χ4n) is 2.52. The number of ether oxygens (including phenoxy) is 2. The summed E-state index contributed by atoms with van der Waals surface area (Å²) in [5, 5.41) is 0. The topological polar surface area (TPSA) is 47.9 Å². The molecule has 0 amide bonds. The Morgan fingerprint density at radius 2 is 2.00 bits per heavy atom. The highest BCUT2D eigenvalue weighted by Crippen LogP contribution is 2.22. The number of hydrogen-bond acceptors (Lipinski definition) is 4. The first-order valence-electron chi connectivity index (χ1n) is 8.49. The van der Waals surface area contributed by atoms with Gasteiger partial charge in [0.05, 0.1) is 6.61 Å². The molecule has 128 valence electrons. The zero-order valence-corrected chi connectivity index (χ0v) is 14.5. The van der Waals surface area contributed by atoms with Crippen LogP contribution in [0.1, 0.15) is 36.5 Å². The number of nitrogens with zero attached hydrogens (tertiary/aromatic N) is 1. The molecule has 0 radical (unpaired) electrons. The van der Waals surface area contributed by atoms with E-state index in [4.69, 9.17) is 9.47 Å². The first kappa shape index (κ1) is 17.0. The van der Waals surface area contributed by atoms with E-state index in [-0.39, 0.29) is 0 Å². The minimum atomic E-state index is -0.435. The number of rotatable bonds is 6. The normalized spacial score (nSPS) is 15.2. The molecule has 0 bridgehead atoms. The van der Waals surface area contributed by atoms with Crippen LogP contribution in [-0.2, 0) is 9.53 Å². The number of carbonyl (C=O) groups excluding carboxylic acids is 1. The quantitative estimate of drug-likeness (QED) is 0.443. The molecule has 1 heterocycles. The summed E-state index contributed by atoms with van der Waals surface area (Å²) < 4.78 is 11.0. The Kier molecular flexibility index (Phi) is 5.29. The zero-order valence-electron chi connectivity index (χ0n) is 14.5. The second-order valence-corrected chi connectivity index (χ2v) is 5.93. The Morgan fingerprint density at radius 3 is 2.80 bits per heavy atom. The molecule has 4 nitrogen and oxygen atoms in total. The van der Waals surface area contributed by atoms with E-state index in [9.17, 15) is 4.79 Å². The van der Waals surface area contributed by atoms with Gasteiger partial charge in [-0.1, -0.05) is 43.7 Å². The highest BCUT2D eigenvalue weighted by molar-refractivity contribution is 6.13. The summed E-state index contributed by atoms with van der Waals surface area (Å²) in [6.45, 7) is 4.78. The van der Waals surface area contributed by atoms with Crippen LogP contribution in [0.5, 0.6) is 5.75 Å². The number of esters is 1. The van der Waals surface area contributed by atoms with Crippen LogP contribution in [0.4, 0.5) is 0 Å². The molecule has 3 rings (SSSR count). The number of benzene rings is 2. The minimum absolute atomic E-state index is 0.295. The molecular weight excluding hydrogens is 314 g/mol. The highest BCUT2D eigenvalue weighted by atomic mass is 16.6. The van der Waals surface area contributed by atoms with E-state index < -0.39 is 5.97 Å². The van der Waals surface area contributed by atoms with Crippen LogP contribution in [0.2, 0.25) is 0 Å². The van der Waals surface area contributed by atoms with Crippen molar-refractivity contribution in [2.75, 3.05) is 6.61 Å². The van der Waals surface area contributed by atoms with E-state index in [1.807, 2.05) is 55.5 Å². The van der Waals surface area contributed by atoms with E-state index in [0.717, 1.165) is 35.3 Å². The van der Waals surface area contributed by atoms with Gasteiger partial charge < -0.3 is 9.47 Å². The maximum atomic E-state index is 12.1. The smallest absolute Gasteiger partial charge is 0.363 e. The van der Waals surface area contributed by atoms with Gasteiger partial charge in [-0.05, 0) is 48.7 Å². The standard InChI is InChI=1S/C21H21NO3/c1-3-4-12-24-17-10-7-9-16(13-17)14-19-21(23)25-20(22-19)18-11-6-5-8-15(18)2/h5-11,13-14H,3-4,12H2,1-2H3/b19-14-. The van der Waals surface area contributed by atoms with E-state index in [1.54, 1.807) is 6.08 Å². The second kappa shape index (κ2) is 7.79. The molecule has 1 aliphatic rings. The largest absolute Gasteiger partial charge is 0.494 e. The summed E-state index contributed by atoms with van der Waals surface area (Å²) in [7, 11) is 0. The fraction of sp³-hybridized carbons (Fsp3) is 0.238. The second-order valence-electron chi connectivity index (χ2n) is 5.93. The Morgan fingerprint density at radius 1 is 1.16 bits per heavy atom. The molecule has 0 saturated carbocycles. The molecule has 25 heavy (non-hydrogen) atoms. The van der Waals surface area contributed by atoms with Gasteiger partial charge in [-0.3, -0.25) is 0 Å². The van der Waals surface area contributed by atoms with Crippen molar-refractivity contribution < 1.29 is 14.3 Å². The third-order valence-electron chi connectivity index (χ3n) is 3.92. The summed E-state index contributed by atoms with van der Waals surface area (Å²) in [5.41, 5.74) is 3.00. The van der Waals surface area contributed by atoms with Gasteiger partial charge in [0.25, 0.3) is 0 Å². The predicted octanol–water partition coefficient (Wildman–Crippen LogP) is 4.52. The average Bonchev–Trinajstić information content (AvgIpc) is 2.96. The number of aliphatic imine (C=N–C) groups is 1. The SMILES string of the molecule is CCCCOc1cccc(/C=C2\N=C(c3ccccc3C)OC2=O)c1. The van der Waals surface area contributed by atoms with Gasteiger partial charge in [0.2, 0.25) is 5.90 Å². The van der Waals surface area contributed by atoms with Crippen molar-refractivity contribution in [3.8, 4) is 5.75 Å². The van der Waals surface area contributed by atoms with Gasteiger partial charge in [0.15, 0.2) is 5.70 Å². The van der Waals surface area contributed by atoms with Crippen LogP contribution in [0.3, 0.4) is 0 Å². The Labute approximate surface area is 147 Å². The van der Waals surface area contributed by atoms with Crippen molar-refractivity contribution in [1.82, 2.24) is 0 Å². The average molecular weight is 335 g/mol. The number of aryl methyl sites for hydroxylation is 1. The Hall–Kier alpha value is -2.88. The van der Waals surface area contributed by atoms with Gasteiger partial charge in [0.1, 0.15) is 5.75 Å². The molecular formula is C21H21NO3. The molecule has 0 atom stereocenters. The van der Waals surface area contributed by atoms with Crippen LogP contribution < -0.4 is 4.74 Å². The molecule has 1 aliphatic heterocycles. The first-order valence-corrected chi connectivity index (χ1v) is 8.49. The lowest BCUT2D eigenvalue weighted by Gasteiger charge is -2.05. The van der Waals surface area contributed by atoms with Crippen molar-refractivity contribution in [2.45, 2.75) is 26.7 Å². The van der Waals surface area contributed by atoms with Crippen molar-refractivity contribution in [1.29, 1.82) is 0 Å². The van der Waals surface area contributed by atoms with E-state index in [1.165, 1.54) is 0 Å². The molecule has 0 fully saturated rings. The third-order valence-corrected chi connectivity index (χ3v) is 3.92. The summed E-state index contributed by atoms with van der Waals surface area (Å²) in [5.74, 6) is 0.706. The number of cyclic esters (lactones) is 1. The third kappa shape index (κ3) is 4.15. The highest BCUT2D eigenvalue weighted by Gasteiger charge is 2.24. The fourth-order valence-corrected chi connectivity index (χ4v) is 2.52. The van der Waals surface area contributed by atoms with Gasteiger partial charge in [0, 0.05) is 5.56 Å². The summed E-state index contributed by atoms with van der Waals surface area (Å²) >= 11 is 0. The van der Waals surface area contributed by atoms with Crippen molar-refractivity contribution in [3.63, 3.8) is 0 Å². The lowest BCUT2D eigenvalue weighted by molar-refractivity contribution is -0.129. The van der Waals surface area contributed by atoms with Gasteiger partial charge in [-0.2, -0.15) is 0 Å². The maximum Gasteiger partial charge on any atom is 0.363 e. The van der Waals surface area contributed by atoms with Crippen LogP contribution >= 0.6 is 0 Å². The number of unbranched alkanes of at least 4 members (excludes halogenated alkanes) is 1. The van der Waals surface area contributed by atoms with Gasteiger partial charge in [-0.15, -0.1) is 0 Å². The lowest BCUT2D eigenvalue weighted by atomic mass is 10.1. The van der Waals surface area contributed by atoms with Gasteiger partial charge in [-0.25, -0.2) is 9.79 Å². The van der Waals surface area contributed by atoms with Crippen molar-refractivity contribution in [3.05, 3.63) is 70.9 Å². The Bertz CT molecular complexity index is 837. The van der Waals surface area contributed by atoms with E-state index in [0.29, 0.717) is 18.2 Å². The molecule has 4 heteroatoms. The predicted molar refractivity (Wildman–Crippen MR) is 98.6 cm³/mol. The molecule has 0 unspecified atom stereocenters. The molecule has 2 aromatic carbocycles. The van der Waals surface area contributed by atoms with Crippen LogP contribution in [0.25, 0.3) is 6.08 Å². The van der Waals surface area contributed by atoms with Crippen LogP contribution in [-0.4, -0.2) is 18.5 Å². The van der Waals surface area contributed by atoms with Gasteiger partial charge >= 0.3 is 5.97 Å². The van der Waals surface area contributed by atoms with Crippen LogP contribution in [0, 0.1) is 6.92 Å². The van der Waals surface area contributed by atoms with E-state index in [2.05, 4.69) is 11.9 Å². The number of hydrogen-bond donors (Lipinski definition) is 0. The molecule has 0 aromatic heterocycles. The molecule has 0 N–H and O–H groups in total. The molecule has 0 spiro atoms. The maximum absolute atomic E-state index is 12.1.